The van der Waals surface area contributed by atoms with Gasteiger partial charge in [0, 0.05) is 23.7 Å². The monoisotopic (exact) mass is 371 g/mol. The summed E-state index contributed by atoms with van der Waals surface area (Å²) in [5.41, 5.74) is 2.67. The van der Waals surface area contributed by atoms with Gasteiger partial charge < -0.3 is 10.6 Å². The topological polar surface area (TPSA) is 71.1 Å². The van der Waals surface area contributed by atoms with Gasteiger partial charge in [-0.15, -0.1) is 22.7 Å². The molecule has 0 aliphatic rings. The molecule has 0 aliphatic heterocycles. The first kappa shape index (κ1) is 17.3. The molecule has 2 N–H and O–H groups in total. The number of hydrogen-bond donors (Lipinski definition) is 2. The van der Waals surface area contributed by atoms with Crippen LogP contribution in [0.3, 0.4) is 0 Å². The maximum Gasteiger partial charge on any atom is 0.251 e. The quantitative estimate of drug-likeness (QED) is 0.718. The van der Waals surface area contributed by atoms with Crippen LogP contribution in [0.4, 0.5) is 5.69 Å². The van der Waals surface area contributed by atoms with Crippen molar-refractivity contribution in [2.45, 2.75) is 13.3 Å². The van der Waals surface area contributed by atoms with Crippen LogP contribution in [0.25, 0.3) is 9.88 Å². The molecule has 0 bridgehead atoms. The van der Waals surface area contributed by atoms with E-state index in [1.54, 1.807) is 36.6 Å². The van der Waals surface area contributed by atoms with Gasteiger partial charge >= 0.3 is 0 Å². The lowest BCUT2D eigenvalue weighted by atomic mass is 10.1. The van der Waals surface area contributed by atoms with E-state index in [2.05, 4.69) is 15.6 Å². The van der Waals surface area contributed by atoms with Crippen molar-refractivity contribution in [1.82, 2.24) is 10.3 Å². The summed E-state index contributed by atoms with van der Waals surface area (Å²) in [6.45, 7) is 1.82. The molecule has 0 unspecified atom stereocenters. The average Bonchev–Trinajstić information content (AvgIpc) is 3.27. The van der Waals surface area contributed by atoms with Crippen LogP contribution in [0.1, 0.15) is 21.6 Å². The Balaban J connectivity index is 1.70. The molecular weight excluding hydrogens is 354 g/mol. The molecule has 0 fully saturated rings. The smallest absolute Gasteiger partial charge is 0.251 e. The average molecular weight is 371 g/mol. The minimum absolute atomic E-state index is 0.153. The molecule has 0 saturated heterocycles. The van der Waals surface area contributed by atoms with Crippen LogP contribution in [0.2, 0.25) is 0 Å². The lowest BCUT2D eigenvalue weighted by Crippen LogP contribution is -2.21. The van der Waals surface area contributed by atoms with Crippen molar-refractivity contribution in [3.05, 3.63) is 57.9 Å². The molecule has 0 radical (unpaired) electrons. The van der Waals surface area contributed by atoms with Crippen molar-refractivity contribution >= 4 is 40.2 Å². The molecule has 3 aromatic rings. The van der Waals surface area contributed by atoms with Crippen molar-refractivity contribution < 1.29 is 9.59 Å². The maximum absolute atomic E-state index is 12.3. The molecule has 0 atom stereocenters. The summed E-state index contributed by atoms with van der Waals surface area (Å²) in [5.74, 6) is -0.325. The number of nitrogens with one attached hydrogen (secondary N) is 2. The predicted molar refractivity (Wildman–Crippen MR) is 102 cm³/mol. The van der Waals surface area contributed by atoms with Gasteiger partial charge in [-0.1, -0.05) is 12.1 Å². The van der Waals surface area contributed by atoms with Crippen LogP contribution in [0, 0.1) is 6.92 Å². The van der Waals surface area contributed by atoms with Gasteiger partial charge in [0.05, 0.1) is 17.0 Å². The number of rotatable bonds is 5. The van der Waals surface area contributed by atoms with Gasteiger partial charge in [-0.25, -0.2) is 4.98 Å². The first-order chi connectivity index (χ1) is 12.1. The molecular formula is C18H17N3O2S2. The lowest BCUT2D eigenvalue weighted by molar-refractivity contribution is -0.115. The number of carbonyl (C=O) groups is 2. The van der Waals surface area contributed by atoms with E-state index in [0.717, 1.165) is 21.1 Å². The number of nitrogens with zero attached hydrogens (tertiary/aromatic N) is 1. The lowest BCUT2D eigenvalue weighted by Gasteiger charge is -2.11. The highest BCUT2D eigenvalue weighted by atomic mass is 32.1. The van der Waals surface area contributed by atoms with Gasteiger partial charge in [-0.3, -0.25) is 9.59 Å². The van der Waals surface area contributed by atoms with Crippen LogP contribution in [-0.2, 0) is 11.2 Å². The summed E-state index contributed by atoms with van der Waals surface area (Å²) >= 11 is 3.16. The highest BCUT2D eigenvalue weighted by Gasteiger charge is 2.14. The zero-order chi connectivity index (χ0) is 17.8. The summed E-state index contributed by atoms with van der Waals surface area (Å²) in [4.78, 5) is 29.8. The summed E-state index contributed by atoms with van der Waals surface area (Å²) in [7, 11) is 1.58. The third-order valence-electron chi connectivity index (χ3n) is 3.70. The van der Waals surface area contributed by atoms with Crippen molar-refractivity contribution in [3.8, 4) is 9.88 Å². The molecule has 0 spiro atoms. The predicted octanol–water partition coefficient (Wildman–Crippen LogP) is 3.72. The Morgan fingerprint density at radius 1 is 1.16 bits per heavy atom. The van der Waals surface area contributed by atoms with E-state index < -0.39 is 0 Å². The SMILES string of the molecule is CNC(=O)c1cccc(NC(=O)Cc2csc(-c3cccs3)n2)c1C. The minimum Gasteiger partial charge on any atom is -0.355 e. The molecule has 128 valence electrons. The molecule has 0 saturated carbocycles. The molecule has 2 aromatic heterocycles. The van der Waals surface area contributed by atoms with Crippen LogP contribution in [-0.4, -0.2) is 23.8 Å². The van der Waals surface area contributed by atoms with E-state index >= 15 is 0 Å². The Bertz CT molecular complexity index is 901. The second kappa shape index (κ2) is 7.58. The van der Waals surface area contributed by atoms with E-state index in [-0.39, 0.29) is 18.2 Å². The fraction of sp³-hybridized carbons (Fsp3) is 0.167. The molecule has 2 heterocycles. The Morgan fingerprint density at radius 2 is 2.00 bits per heavy atom. The largest absolute Gasteiger partial charge is 0.355 e. The highest BCUT2D eigenvalue weighted by Crippen LogP contribution is 2.28. The Morgan fingerprint density at radius 3 is 2.72 bits per heavy atom. The number of anilines is 1. The number of carbonyl (C=O) groups excluding carboxylic acids is 2. The van der Waals surface area contributed by atoms with Gasteiger partial charge in [0.2, 0.25) is 5.91 Å². The molecule has 5 nitrogen and oxygen atoms in total. The van der Waals surface area contributed by atoms with Gasteiger partial charge in [-0.05, 0) is 36.1 Å². The second-order valence-electron chi connectivity index (χ2n) is 5.40. The molecule has 7 heteroatoms. The molecule has 3 rings (SSSR count). The van der Waals surface area contributed by atoms with Crippen molar-refractivity contribution in [1.29, 1.82) is 0 Å². The zero-order valence-electron chi connectivity index (χ0n) is 13.8. The third-order valence-corrected chi connectivity index (χ3v) is 5.64. The number of thiophene rings is 1. The van der Waals surface area contributed by atoms with E-state index in [4.69, 9.17) is 0 Å². The van der Waals surface area contributed by atoms with Crippen LogP contribution < -0.4 is 10.6 Å². The van der Waals surface area contributed by atoms with E-state index in [1.807, 2.05) is 29.8 Å². The van der Waals surface area contributed by atoms with Crippen LogP contribution in [0.5, 0.6) is 0 Å². The molecule has 25 heavy (non-hydrogen) atoms. The Labute approximate surface area is 153 Å². The van der Waals surface area contributed by atoms with Crippen LogP contribution >= 0.6 is 22.7 Å². The van der Waals surface area contributed by atoms with Gasteiger partial charge in [0.25, 0.3) is 5.91 Å². The van der Waals surface area contributed by atoms with E-state index in [0.29, 0.717) is 11.3 Å². The Kier molecular flexibility index (Phi) is 5.25. The summed E-state index contributed by atoms with van der Waals surface area (Å²) in [6, 6.07) is 9.28. The van der Waals surface area contributed by atoms with Gasteiger partial charge in [0.1, 0.15) is 5.01 Å². The molecule has 1 aromatic carbocycles. The fourth-order valence-electron chi connectivity index (χ4n) is 2.41. The maximum atomic E-state index is 12.3. The standard InChI is InChI=1S/C18H17N3O2S2/c1-11-13(17(23)19-2)5-3-6-14(11)21-16(22)9-12-10-25-18(20-12)15-7-4-8-24-15/h3-8,10H,9H2,1-2H3,(H,19,23)(H,21,22). The number of benzene rings is 1. The van der Waals surface area contributed by atoms with Crippen LogP contribution in [0.15, 0.2) is 41.1 Å². The first-order valence-corrected chi connectivity index (χ1v) is 9.44. The fourth-order valence-corrected chi connectivity index (χ4v) is 4.05. The number of amides is 2. The van der Waals surface area contributed by atoms with Gasteiger partial charge in [0.15, 0.2) is 0 Å². The number of hydrogen-bond acceptors (Lipinski definition) is 5. The number of aromatic nitrogens is 1. The number of thiazole rings is 1. The minimum atomic E-state index is -0.173. The van der Waals surface area contributed by atoms with Crippen molar-refractivity contribution in [3.63, 3.8) is 0 Å². The van der Waals surface area contributed by atoms with Crippen molar-refractivity contribution in [2.75, 3.05) is 12.4 Å². The van der Waals surface area contributed by atoms with Gasteiger partial charge in [-0.2, -0.15) is 0 Å². The first-order valence-electron chi connectivity index (χ1n) is 7.68. The third kappa shape index (κ3) is 3.94. The summed E-state index contributed by atoms with van der Waals surface area (Å²) < 4.78 is 0. The van der Waals surface area contributed by atoms with E-state index in [9.17, 15) is 9.59 Å². The highest BCUT2D eigenvalue weighted by molar-refractivity contribution is 7.20. The Hall–Kier alpha value is -2.51. The normalized spacial score (nSPS) is 10.5. The van der Waals surface area contributed by atoms with E-state index in [1.165, 1.54) is 11.3 Å². The molecule has 2 amide bonds. The summed E-state index contributed by atoms with van der Waals surface area (Å²) in [5, 5.41) is 10.3. The summed E-state index contributed by atoms with van der Waals surface area (Å²) in [6.07, 6.45) is 0.200. The second-order valence-corrected chi connectivity index (χ2v) is 7.21. The van der Waals surface area contributed by atoms with Crippen molar-refractivity contribution in [2.24, 2.45) is 0 Å². The molecule has 0 aliphatic carbocycles. The zero-order valence-corrected chi connectivity index (χ0v) is 15.5.